The van der Waals surface area contributed by atoms with Crippen LogP contribution in [0.3, 0.4) is 0 Å². The van der Waals surface area contributed by atoms with Gasteiger partial charge in [0, 0.05) is 26.2 Å². The molecule has 0 aromatic carbocycles. The van der Waals surface area contributed by atoms with Crippen molar-refractivity contribution in [3.63, 3.8) is 0 Å². The molecule has 2 fully saturated rings. The molecule has 0 bridgehead atoms. The normalized spacial score (nSPS) is 30.4. The Morgan fingerprint density at radius 2 is 1.90 bits per heavy atom. The van der Waals surface area contributed by atoms with E-state index in [0.29, 0.717) is 6.04 Å². The molecular weight excluding hydrogens is 250 g/mol. The van der Waals surface area contributed by atoms with Gasteiger partial charge < -0.3 is 15.5 Å². The van der Waals surface area contributed by atoms with Crippen LogP contribution in [0.4, 0.5) is 11.5 Å². The molecule has 5 heteroatoms. The lowest BCUT2D eigenvalue weighted by Gasteiger charge is -2.32. The first kappa shape index (κ1) is 12.5. The molecule has 4 rings (SSSR count). The molecule has 1 saturated heterocycles. The summed E-state index contributed by atoms with van der Waals surface area (Å²) in [5.41, 5.74) is 8.70. The first-order valence-electron chi connectivity index (χ1n) is 8.04. The quantitative estimate of drug-likeness (QED) is 0.844. The van der Waals surface area contributed by atoms with Gasteiger partial charge in [0.15, 0.2) is 5.82 Å². The number of anilines is 2. The Bertz CT molecular complexity index is 501. The Balaban J connectivity index is 1.65. The molecule has 2 N–H and O–H groups in total. The molecule has 3 heterocycles. The summed E-state index contributed by atoms with van der Waals surface area (Å²) >= 11 is 0. The van der Waals surface area contributed by atoms with Crippen LogP contribution < -0.4 is 10.6 Å². The zero-order valence-corrected chi connectivity index (χ0v) is 12.4. The van der Waals surface area contributed by atoms with Crippen LogP contribution in [0.5, 0.6) is 0 Å². The zero-order chi connectivity index (χ0) is 13.7. The van der Waals surface area contributed by atoms with E-state index >= 15 is 0 Å². The van der Waals surface area contributed by atoms with Crippen molar-refractivity contribution in [2.75, 3.05) is 43.9 Å². The number of nitrogens with two attached hydrogens (primary N) is 1. The van der Waals surface area contributed by atoms with Crippen molar-refractivity contribution >= 4 is 11.5 Å². The molecule has 1 aromatic heterocycles. The van der Waals surface area contributed by atoms with E-state index in [0.717, 1.165) is 50.0 Å². The van der Waals surface area contributed by atoms with Crippen LogP contribution in [0.2, 0.25) is 0 Å². The molecule has 0 spiro atoms. The molecule has 3 aliphatic rings. The third-order valence-corrected chi connectivity index (χ3v) is 5.52. The van der Waals surface area contributed by atoms with Crippen LogP contribution >= 0.6 is 0 Å². The minimum absolute atomic E-state index is 0.627. The fourth-order valence-corrected chi connectivity index (χ4v) is 4.24. The topological polar surface area (TPSA) is 50.3 Å². The van der Waals surface area contributed by atoms with Crippen molar-refractivity contribution in [3.8, 4) is 0 Å². The molecule has 1 aliphatic carbocycles. The monoisotopic (exact) mass is 275 g/mol. The van der Waals surface area contributed by atoms with Crippen molar-refractivity contribution < 1.29 is 0 Å². The van der Waals surface area contributed by atoms with Gasteiger partial charge in [-0.2, -0.15) is 5.10 Å². The van der Waals surface area contributed by atoms with Gasteiger partial charge in [-0.05, 0) is 38.6 Å². The average Bonchev–Trinajstić information content (AvgIpc) is 3.04. The predicted molar refractivity (Wildman–Crippen MR) is 81.0 cm³/mol. The number of likely N-dealkylation sites (N-methyl/N-ethyl adjacent to an activating group) is 1. The summed E-state index contributed by atoms with van der Waals surface area (Å²) in [6.45, 7) is 4.30. The zero-order valence-electron chi connectivity index (χ0n) is 12.4. The smallest absolute Gasteiger partial charge is 0.174 e. The van der Waals surface area contributed by atoms with E-state index in [4.69, 9.17) is 10.8 Å². The van der Waals surface area contributed by atoms with Gasteiger partial charge in [-0.25, -0.2) is 0 Å². The fourth-order valence-electron chi connectivity index (χ4n) is 4.24. The fraction of sp³-hybridized carbons (Fsp3) is 0.800. The number of nitrogens with zero attached hydrogens (tertiary/aromatic N) is 4. The minimum atomic E-state index is 0.627. The number of nitrogen functional groups attached to an aromatic ring is 1. The van der Waals surface area contributed by atoms with Gasteiger partial charge in [0.25, 0.3) is 0 Å². The number of hydrogen-bond acceptors (Lipinski definition) is 4. The molecular formula is C15H25N5. The molecule has 2 atom stereocenters. The van der Waals surface area contributed by atoms with Gasteiger partial charge in [0.05, 0.1) is 17.4 Å². The minimum Gasteiger partial charge on any atom is -0.394 e. The first-order valence-corrected chi connectivity index (χ1v) is 8.04. The number of aromatic nitrogens is 2. The van der Waals surface area contributed by atoms with Crippen LogP contribution in [-0.2, 0) is 6.42 Å². The van der Waals surface area contributed by atoms with E-state index in [2.05, 4.69) is 21.5 Å². The van der Waals surface area contributed by atoms with Crippen LogP contribution in [0.15, 0.2) is 0 Å². The lowest BCUT2D eigenvalue weighted by molar-refractivity contribution is 0.289. The largest absolute Gasteiger partial charge is 0.394 e. The highest BCUT2D eigenvalue weighted by Crippen LogP contribution is 2.45. The molecule has 0 radical (unpaired) electrons. The Labute approximate surface area is 120 Å². The Hall–Kier alpha value is -1.23. The third-order valence-electron chi connectivity index (χ3n) is 5.52. The van der Waals surface area contributed by atoms with E-state index in [-0.39, 0.29) is 0 Å². The van der Waals surface area contributed by atoms with Crippen molar-refractivity contribution in [2.24, 2.45) is 5.92 Å². The SMILES string of the molecule is CN1CCN(c2nn3c(c2N)CCC2CCCC23)CC1. The third kappa shape index (κ3) is 1.83. The highest BCUT2D eigenvalue weighted by molar-refractivity contribution is 5.66. The number of hydrogen-bond donors (Lipinski definition) is 1. The standard InChI is InChI=1S/C15H25N5/c1-18-7-9-19(10-8-18)15-14(16)13-6-5-11-3-2-4-12(11)20(13)17-15/h11-12H,2-10,16H2,1H3. The van der Waals surface area contributed by atoms with Gasteiger partial charge in [-0.15, -0.1) is 0 Å². The Kier molecular flexibility index (Phi) is 2.91. The van der Waals surface area contributed by atoms with Gasteiger partial charge >= 0.3 is 0 Å². The van der Waals surface area contributed by atoms with Gasteiger partial charge in [-0.3, -0.25) is 4.68 Å². The average molecular weight is 275 g/mol. The van der Waals surface area contributed by atoms with Crippen molar-refractivity contribution in [2.45, 2.75) is 38.1 Å². The van der Waals surface area contributed by atoms with E-state index < -0.39 is 0 Å². The maximum Gasteiger partial charge on any atom is 0.174 e. The van der Waals surface area contributed by atoms with Crippen LogP contribution in [-0.4, -0.2) is 47.9 Å². The van der Waals surface area contributed by atoms with Crippen molar-refractivity contribution in [3.05, 3.63) is 5.69 Å². The Morgan fingerprint density at radius 1 is 1.10 bits per heavy atom. The molecule has 1 aromatic rings. The lowest BCUT2D eigenvalue weighted by Crippen LogP contribution is -2.44. The summed E-state index contributed by atoms with van der Waals surface area (Å²) in [6.07, 6.45) is 6.46. The highest BCUT2D eigenvalue weighted by Gasteiger charge is 2.36. The molecule has 1 saturated carbocycles. The van der Waals surface area contributed by atoms with E-state index in [1.54, 1.807) is 0 Å². The highest BCUT2D eigenvalue weighted by atomic mass is 15.4. The summed E-state index contributed by atoms with van der Waals surface area (Å²) in [5.74, 6) is 1.91. The molecule has 2 aliphatic heterocycles. The second-order valence-corrected chi connectivity index (χ2v) is 6.72. The summed E-state index contributed by atoms with van der Waals surface area (Å²) in [4.78, 5) is 4.75. The summed E-state index contributed by atoms with van der Waals surface area (Å²) in [7, 11) is 2.18. The summed E-state index contributed by atoms with van der Waals surface area (Å²) in [5, 5.41) is 4.94. The lowest BCUT2D eigenvalue weighted by atomic mass is 9.92. The number of rotatable bonds is 1. The Morgan fingerprint density at radius 3 is 2.70 bits per heavy atom. The van der Waals surface area contributed by atoms with Gasteiger partial charge in [0.1, 0.15) is 0 Å². The molecule has 5 nitrogen and oxygen atoms in total. The predicted octanol–water partition coefficient (Wildman–Crippen LogP) is 1.50. The van der Waals surface area contributed by atoms with E-state index in [1.165, 1.54) is 31.4 Å². The first-order chi connectivity index (χ1) is 9.74. The van der Waals surface area contributed by atoms with Gasteiger partial charge in [0.2, 0.25) is 0 Å². The summed E-state index contributed by atoms with van der Waals surface area (Å²) in [6, 6.07) is 0.627. The van der Waals surface area contributed by atoms with Crippen LogP contribution in [0.1, 0.15) is 37.4 Å². The molecule has 20 heavy (non-hydrogen) atoms. The number of piperazine rings is 1. The van der Waals surface area contributed by atoms with E-state index in [9.17, 15) is 0 Å². The maximum absolute atomic E-state index is 6.43. The van der Waals surface area contributed by atoms with Crippen molar-refractivity contribution in [1.82, 2.24) is 14.7 Å². The van der Waals surface area contributed by atoms with Crippen LogP contribution in [0, 0.1) is 5.92 Å². The van der Waals surface area contributed by atoms with Crippen LogP contribution in [0.25, 0.3) is 0 Å². The summed E-state index contributed by atoms with van der Waals surface area (Å²) < 4.78 is 2.30. The molecule has 110 valence electrons. The number of fused-ring (bicyclic) bond motifs is 3. The van der Waals surface area contributed by atoms with Gasteiger partial charge in [-0.1, -0.05) is 6.42 Å². The van der Waals surface area contributed by atoms with E-state index in [1.807, 2.05) is 0 Å². The van der Waals surface area contributed by atoms with Crippen molar-refractivity contribution in [1.29, 1.82) is 0 Å². The molecule has 2 unspecified atom stereocenters. The molecule has 0 amide bonds. The maximum atomic E-state index is 6.43. The second-order valence-electron chi connectivity index (χ2n) is 6.72. The second kappa shape index (κ2) is 4.65.